The van der Waals surface area contributed by atoms with Crippen molar-refractivity contribution in [1.82, 2.24) is 14.9 Å². The number of H-pyrrole nitrogens is 1. The van der Waals surface area contributed by atoms with Crippen LogP contribution in [0, 0.1) is 25.5 Å². The number of aryl methyl sites for hydroxylation is 3. The van der Waals surface area contributed by atoms with Crippen LogP contribution in [-0.2, 0) is 0 Å². The SMILES string of the molecule is Cc1cc(C)c(/C=N/n2cn[nH]c2=S)c(C)c1. The van der Waals surface area contributed by atoms with Crippen LogP contribution in [0.15, 0.2) is 23.6 Å². The normalized spacial score (nSPS) is 11.2. The van der Waals surface area contributed by atoms with Gasteiger partial charge in [0.05, 0.1) is 6.21 Å². The number of aromatic nitrogens is 3. The van der Waals surface area contributed by atoms with Crippen LogP contribution in [0.25, 0.3) is 0 Å². The van der Waals surface area contributed by atoms with E-state index in [-0.39, 0.29) is 0 Å². The van der Waals surface area contributed by atoms with Gasteiger partial charge in [0.2, 0.25) is 4.77 Å². The lowest BCUT2D eigenvalue weighted by Crippen LogP contribution is -1.96. The predicted octanol–water partition coefficient (Wildman–Crippen LogP) is 2.75. The van der Waals surface area contributed by atoms with Gasteiger partial charge in [0.25, 0.3) is 0 Å². The first kappa shape index (κ1) is 11.7. The van der Waals surface area contributed by atoms with E-state index in [1.807, 2.05) is 6.21 Å². The van der Waals surface area contributed by atoms with Crippen LogP contribution in [0.3, 0.4) is 0 Å². The highest BCUT2D eigenvalue weighted by Gasteiger charge is 2.01. The van der Waals surface area contributed by atoms with E-state index >= 15 is 0 Å². The number of aromatic amines is 1. The lowest BCUT2D eigenvalue weighted by atomic mass is 10.0. The average molecular weight is 246 g/mol. The molecule has 0 aliphatic carbocycles. The van der Waals surface area contributed by atoms with E-state index in [0.29, 0.717) is 4.77 Å². The molecule has 0 amide bonds. The first-order valence-corrected chi connectivity index (χ1v) is 5.73. The standard InChI is InChI=1S/C12H14N4S/c1-8-4-9(2)11(10(3)5-8)6-14-16-7-13-15-12(16)17/h4-7H,1-3H3,(H,15,17)/b14-6+. The summed E-state index contributed by atoms with van der Waals surface area (Å²) >= 11 is 5.02. The molecule has 0 saturated heterocycles. The van der Waals surface area contributed by atoms with E-state index < -0.39 is 0 Å². The van der Waals surface area contributed by atoms with Crippen LogP contribution in [-0.4, -0.2) is 21.1 Å². The van der Waals surface area contributed by atoms with Gasteiger partial charge in [-0.1, -0.05) is 17.7 Å². The zero-order valence-electron chi connectivity index (χ0n) is 10.1. The first-order chi connectivity index (χ1) is 8.08. The summed E-state index contributed by atoms with van der Waals surface area (Å²) in [4.78, 5) is 0. The van der Waals surface area contributed by atoms with E-state index in [1.54, 1.807) is 6.33 Å². The smallest absolute Gasteiger partial charge is 0.216 e. The summed E-state index contributed by atoms with van der Waals surface area (Å²) in [6, 6.07) is 4.28. The van der Waals surface area contributed by atoms with Crippen molar-refractivity contribution < 1.29 is 0 Å². The van der Waals surface area contributed by atoms with Gasteiger partial charge in [0.1, 0.15) is 6.33 Å². The number of hydrogen-bond acceptors (Lipinski definition) is 3. The van der Waals surface area contributed by atoms with Crippen molar-refractivity contribution in [2.45, 2.75) is 20.8 Å². The summed E-state index contributed by atoms with van der Waals surface area (Å²) < 4.78 is 2.03. The second kappa shape index (κ2) is 4.63. The molecule has 4 nitrogen and oxygen atoms in total. The Morgan fingerprint density at radius 1 is 1.29 bits per heavy atom. The maximum Gasteiger partial charge on any atom is 0.216 e. The van der Waals surface area contributed by atoms with Crippen LogP contribution in [0.1, 0.15) is 22.3 Å². The highest BCUT2D eigenvalue weighted by atomic mass is 32.1. The molecule has 0 spiro atoms. The molecule has 0 fully saturated rings. The minimum atomic E-state index is 0.490. The minimum absolute atomic E-state index is 0.490. The van der Waals surface area contributed by atoms with E-state index in [0.717, 1.165) is 5.56 Å². The van der Waals surface area contributed by atoms with Crippen LogP contribution in [0.4, 0.5) is 0 Å². The van der Waals surface area contributed by atoms with Crippen molar-refractivity contribution in [2.24, 2.45) is 5.10 Å². The molecule has 0 atom stereocenters. The monoisotopic (exact) mass is 246 g/mol. The zero-order chi connectivity index (χ0) is 12.4. The molecule has 1 N–H and O–H groups in total. The average Bonchev–Trinajstić information content (AvgIpc) is 2.62. The molecule has 1 aromatic carbocycles. The second-order valence-electron chi connectivity index (χ2n) is 4.06. The fourth-order valence-electron chi connectivity index (χ4n) is 1.84. The zero-order valence-corrected chi connectivity index (χ0v) is 10.9. The number of rotatable bonds is 2. The van der Waals surface area contributed by atoms with Crippen LogP contribution >= 0.6 is 12.2 Å². The van der Waals surface area contributed by atoms with Crippen LogP contribution in [0.5, 0.6) is 0 Å². The summed E-state index contributed by atoms with van der Waals surface area (Å²) in [6.45, 7) is 6.25. The van der Waals surface area contributed by atoms with Crippen LogP contribution in [0.2, 0.25) is 0 Å². The first-order valence-electron chi connectivity index (χ1n) is 5.32. The molecular formula is C12H14N4S. The molecule has 0 bridgehead atoms. The number of hydrogen-bond donors (Lipinski definition) is 1. The third kappa shape index (κ3) is 2.50. The maximum absolute atomic E-state index is 5.02. The molecule has 0 radical (unpaired) electrons. The summed E-state index contributed by atoms with van der Waals surface area (Å²) in [7, 11) is 0. The third-order valence-electron chi connectivity index (χ3n) is 2.58. The van der Waals surface area contributed by atoms with Crippen molar-refractivity contribution in [2.75, 3.05) is 0 Å². The Hall–Kier alpha value is -1.75. The van der Waals surface area contributed by atoms with Gasteiger partial charge in [-0.15, -0.1) is 0 Å². The van der Waals surface area contributed by atoms with Gasteiger partial charge in [-0.05, 0) is 44.1 Å². The Bertz CT molecular complexity index is 598. The molecule has 5 heteroatoms. The Morgan fingerprint density at radius 2 is 1.94 bits per heavy atom. The van der Waals surface area contributed by atoms with Crippen molar-refractivity contribution in [3.8, 4) is 0 Å². The topological polar surface area (TPSA) is 46.0 Å². The molecule has 0 aliphatic rings. The lowest BCUT2D eigenvalue weighted by Gasteiger charge is -2.06. The van der Waals surface area contributed by atoms with Gasteiger partial charge in [0, 0.05) is 5.56 Å². The van der Waals surface area contributed by atoms with Gasteiger partial charge in [-0.2, -0.15) is 14.9 Å². The Kier molecular flexibility index (Phi) is 3.19. The Morgan fingerprint density at radius 3 is 2.47 bits per heavy atom. The Balaban J connectivity index is 2.40. The molecule has 0 saturated carbocycles. The molecular weight excluding hydrogens is 232 g/mol. The molecule has 1 heterocycles. The fraction of sp³-hybridized carbons (Fsp3) is 0.250. The molecule has 2 aromatic rings. The molecule has 0 aliphatic heterocycles. The van der Waals surface area contributed by atoms with Gasteiger partial charge in [0.15, 0.2) is 0 Å². The summed E-state index contributed by atoms with van der Waals surface area (Å²) in [5, 5.41) is 10.8. The molecule has 88 valence electrons. The van der Waals surface area contributed by atoms with Gasteiger partial charge >= 0.3 is 0 Å². The summed E-state index contributed by atoms with van der Waals surface area (Å²) in [5.41, 5.74) is 4.80. The van der Waals surface area contributed by atoms with Crippen molar-refractivity contribution in [1.29, 1.82) is 0 Å². The Labute approximate surface area is 105 Å². The van der Waals surface area contributed by atoms with E-state index in [1.165, 1.54) is 21.4 Å². The maximum atomic E-state index is 5.02. The fourth-order valence-corrected chi connectivity index (χ4v) is 1.99. The molecule has 0 unspecified atom stereocenters. The summed E-state index contributed by atoms with van der Waals surface area (Å²) in [5.74, 6) is 0. The second-order valence-corrected chi connectivity index (χ2v) is 4.45. The number of nitrogens with zero attached hydrogens (tertiary/aromatic N) is 3. The quantitative estimate of drug-likeness (QED) is 0.654. The van der Waals surface area contributed by atoms with Gasteiger partial charge in [-0.3, -0.25) is 5.10 Å². The molecule has 2 rings (SSSR count). The minimum Gasteiger partial charge on any atom is -0.250 e. The van der Waals surface area contributed by atoms with E-state index in [9.17, 15) is 0 Å². The van der Waals surface area contributed by atoms with Crippen LogP contribution < -0.4 is 0 Å². The van der Waals surface area contributed by atoms with Crippen molar-refractivity contribution >= 4 is 18.4 Å². The van der Waals surface area contributed by atoms with Crippen molar-refractivity contribution in [3.63, 3.8) is 0 Å². The summed E-state index contributed by atoms with van der Waals surface area (Å²) in [6.07, 6.45) is 3.37. The predicted molar refractivity (Wildman–Crippen MR) is 71.1 cm³/mol. The van der Waals surface area contributed by atoms with Gasteiger partial charge < -0.3 is 0 Å². The highest BCUT2D eigenvalue weighted by molar-refractivity contribution is 7.71. The van der Waals surface area contributed by atoms with Gasteiger partial charge in [-0.25, -0.2) is 0 Å². The third-order valence-corrected chi connectivity index (χ3v) is 2.86. The lowest BCUT2D eigenvalue weighted by molar-refractivity contribution is 0.862. The number of benzene rings is 1. The largest absolute Gasteiger partial charge is 0.250 e. The van der Waals surface area contributed by atoms with E-state index in [2.05, 4.69) is 48.2 Å². The van der Waals surface area contributed by atoms with Crippen molar-refractivity contribution in [3.05, 3.63) is 45.5 Å². The highest BCUT2D eigenvalue weighted by Crippen LogP contribution is 2.14. The molecule has 1 aromatic heterocycles. The van der Waals surface area contributed by atoms with E-state index in [4.69, 9.17) is 12.2 Å². The number of nitrogens with one attached hydrogen (secondary N) is 1. The molecule has 17 heavy (non-hydrogen) atoms.